The van der Waals surface area contributed by atoms with Crippen molar-refractivity contribution in [2.45, 2.75) is 13.8 Å². The molecule has 8 nitrogen and oxygen atoms in total. The van der Waals surface area contributed by atoms with E-state index in [1.807, 2.05) is 26.0 Å². The van der Waals surface area contributed by atoms with Crippen molar-refractivity contribution in [2.24, 2.45) is 0 Å². The third kappa shape index (κ3) is 3.64. The van der Waals surface area contributed by atoms with Crippen LogP contribution in [0, 0.1) is 24.0 Å². The van der Waals surface area contributed by atoms with Gasteiger partial charge < -0.3 is 10.0 Å². The Kier molecular flexibility index (Phi) is 5.00. The molecule has 1 aromatic carbocycles. The van der Waals surface area contributed by atoms with Gasteiger partial charge in [0, 0.05) is 50.2 Å². The molecule has 0 spiro atoms. The van der Waals surface area contributed by atoms with Crippen molar-refractivity contribution in [1.29, 1.82) is 0 Å². The van der Waals surface area contributed by atoms with Crippen LogP contribution >= 0.6 is 0 Å². The number of rotatable bonds is 5. The van der Waals surface area contributed by atoms with Gasteiger partial charge in [-0.15, -0.1) is 0 Å². The zero-order valence-electron chi connectivity index (χ0n) is 14.6. The average molecular weight is 345 g/mol. The number of nitro benzene ring substituents is 1. The largest absolute Gasteiger partial charge is 0.395 e. The van der Waals surface area contributed by atoms with Crippen molar-refractivity contribution in [3.05, 3.63) is 45.8 Å². The molecule has 1 aromatic heterocycles. The van der Waals surface area contributed by atoms with Crippen LogP contribution in [0.25, 0.3) is 5.69 Å². The summed E-state index contributed by atoms with van der Waals surface area (Å²) in [4.78, 5) is 15.5. The van der Waals surface area contributed by atoms with E-state index >= 15 is 0 Å². The molecular formula is C17H23N5O3. The number of anilines is 1. The van der Waals surface area contributed by atoms with Crippen LogP contribution < -0.4 is 4.90 Å². The first-order chi connectivity index (χ1) is 12.0. The zero-order chi connectivity index (χ0) is 18.0. The van der Waals surface area contributed by atoms with Crippen LogP contribution in [0.2, 0.25) is 0 Å². The van der Waals surface area contributed by atoms with Crippen molar-refractivity contribution in [3.8, 4) is 5.69 Å². The summed E-state index contributed by atoms with van der Waals surface area (Å²) in [7, 11) is 0. The topological polar surface area (TPSA) is 87.7 Å². The van der Waals surface area contributed by atoms with Crippen LogP contribution in [0.4, 0.5) is 11.4 Å². The van der Waals surface area contributed by atoms with Gasteiger partial charge >= 0.3 is 0 Å². The zero-order valence-corrected chi connectivity index (χ0v) is 14.6. The van der Waals surface area contributed by atoms with Gasteiger partial charge in [-0.1, -0.05) is 0 Å². The molecule has 8 heteroatoms. The number of hydrogen-bond acceptors (Lipinski definition) is 6. The van der Waals surface area contributed by atoms with Crippen molar-refractivity contribution < 1.29 is 10.0 Å². The predicted molar refractivity (Wildman–Crippen MR) is 95.4 cm³/mol. The summed E-state index contributed by atoms with van der Waals surface area (Å²) in [5.41, 5.74) is 3.19. The van der Waals surface area contributed by atoms with Crippen LogP contribution in [0.1, 0.15) is 11.4 Å². The smallest absolute Gasteiger partial charge is 0.295 e. The Labute approximate surface area is 146 Å². The summed E-state index contributed by atoms with van der Waals surface area (Å²) in [6.07, 6.45) is 0. The molecule has 0 bridgehead atoms. The molecule has 0 atom stereocenters. The minimum Gasteiger partial charge on any atom is -0.395 e. The first-order valence-corrected chi connectivity index (χ1v) is 8.40. The van der Waals surface area contributed by atoms with Gasteiger partial charge in [-0.25, -0.2) is 4.68 Å². The highest BCUT2D eigenvalue weighted by atomic mass is 16.6. The van der Waals surface area contributed by atoms with Gasteiger partial charge in [-0.05, 0) is 32.0 Å². The minimum atomic E-state index is -0.366. The highest BCUT2D eigenvalue weighted by Crippen LogP contribution is 2.29. The third-order valence-corrected chi connectivity index (χ3v) is 4.55. The fraction of sp³-hybridized carbons (Fsp3) is 0.471. The van der Waals surface area contributed by atoms with Gasteiger partial charge in [0.15, 0.2) is 0 Å². The molecule has 25 heavy (non-hydrogen) atoms. The van der Waals surface area contributed by atoms with Gasteiger partial charge in [0.05, 0.1) is 17.2 Å². The lowest BCUT2D eigenvalue weighted by molar-refractivity contribution is -0.384. The first-order valence-electron chi connectivity index (χ1n) is 8.40. The maximum Gasteiger partial charge on any atom is 0.295 e. The quantitative estimate of drug-likeness (QED) is 0.653. The number of benzene rings is 1. The van der Waals surface area contributed by atoms with Crippen LogP contribution in [0.5, 0.6) is 0 Å². The Bertz CT molecular complexity index is 766. The molecule has 0 unspecified atom stereocenters. The van der Waals surface area contributed by atoms with E-state index in [2.05, 4.69) is 14.9 Å². The number of aromatic nitrogens is 2. The molecule has 2 aromatic rings. The second-order valence-corrected chi connectivity index (χ2v) is 6.32. The molecule has 3 rings (SSSR count). The van der Waals surface area contributed by atoms with Crippen molar-refractivity contribution in [1.82, 2.24) is 14.7 Å². The fourth-order valence-corrected chi connectivity index (χ4v) is 3.28. The number of piperazine rings is 1. The number of aliphatic hydroxyl groups excluding tert-OH is 1. The highest BCUT2D eigenvalue weighted by Gasteiger charge is 2.22. The van der Waals surface area contributed by atoms with Gasteiger partial charge in [0.1, 0.15) is 5.69 Å². The van der Waals surface area contributed by atoms with E-state index in [-0.39, 0.29) is 17.2 Å². The lowest BCUT2D eigenvalue weighted by Crippen LogP contribution is -2.47. The van der Waals surface area contributed by atoms with E-state index in [0.29, 0.717) is 12.2 Å². The maximum absolute atomic E-state index is 11.4. The summed E-state index contributed by atoms with van der Waals surface area (Å²) in [6.45, 7) is 8.01. The van der Waals surface area contributed by atoms with Crippen molar-refractivity contribution in [2.75, 3.05) is 44.2 Å². The van der Waals surface area contributed by atoms with E-state index in [4.69, 9.17) is 5.11 Å². The lowest BCUT2D eigenvalue weighted by atomic mass is 10.2. The van der Waals surface area contributed by atoms with Crippen LogP contribution in [-0.4, -0.2) is 64.0 Å². The molecule has 0 amide bonds. The summed E-state index contributed by atoms with van der Waals surface area (Å²) in [5.74, 6) is 0. The monoisotopic (exact) mass is 345 g/mol. The van der Waals surface area contributed by atoms with E-state index in [1.54, 1.807) is 16.8 Å². The maximum atomic E-state index is 11.4. The average Bonchev–Trinajstić information content (AvgIpc) is 2.93. The number of hydrogen-bond donors (Lipinski definition) is 1. The molecule has 1 saturated heterocycles. The molecule has 0 saturated carbocycles. The van der Waals surface area contributed by atoms with Crippen molar-refractivity contribution >= 4 is 11.4 Å². The normalized spacial score (nSPS) is 15.6. The fourth-order valence-electron chi connectivity index (χ4n) is 3.28. The van der Waals surface area contributed by atoms with Crippen LogP contribution in [0.15, 0.2) is 24.3 Å². The lowest BCUT2D eigenvalue weighted by Gasteiger charge is -2.35. The Morgan fingerprint density at radius 2 is 1.92 bits per heavy atom. The summed E-state index contributed by atoms with van der Waals surface area (Å²) < 4.78 is 1.64. The van der Waals surface area contributed by atoms with Crippen LogP contribution in [0.3, 0.4) is 0 Å². The highest BCUT2D eigenvalue weighted by molar-refractivity contribution is 5.63. The van der Waals surface area contributed by atoms with Gasteiger partial charge in [-0.2, -0.15) is 5.10 Å². The number of β-amino-alcohol motifs (C(OH)–C–C–N with tert-alkyl or cyclic N) is 1. The SMILES string of the molecule is Cc1cc(C)n(-c2cc(N3CCN(CCO)CC3)ccc2[N+](=O)[O-])n1. The molecule has 1 fully saturated rings. The number of aliphatic hydroxyl groups is 1. The molecular weight excluding hydrogens is 322 g/mol. The predicted octanol–water partition coefficient (Wildman–Crippen LogP) is 1.51. The van der Waals surface area contributed by atoms with Gasteiger partial charge in [0.25, 0.3) is 5.69 Å². The summed E-state index contributed by atoms with van der Waals surface area (Å²) in [6, 6.07) is 7.11. The molecule has 0 radical (unpaired) electrons. The minimum absolute atomic E-state index is 0.0499. The number of nitrogens with zero attached hydrogens (tertiary/aromatic N) is 5. The second-order valence-electron chi connectivity index (χ2n) is 6.32. The van der Waals surface area contributed by atoms with Crippen molar-refractivity contribution in [3.63, 3.8) is 0 Å². The molecule has 134 valence electrons. The number of nitro groups is 1. The molecule has 0 aliphatic carbocycles. The molecule has 2 heterocycles. The number of aryl methyl sites for hydroxylation is 2. The summed E-state index contributed by atoms with van der Waals surface area (Å²) in [5, 5.41) is 24.9. The van der Waals surface area contributed by atoms with E-state index in [1.165, 1.54) is 0 Å². The van der Waals surface area contributed by atoms with Gasteiger partial charge in [0.2, 0.25) is 0 Å². The Morgan fingerprint density at radius 1 is 1.20 bits per heavy atom. The second kappa shape index (κ2) is 7.20. The van der Waals surface area contributed by atoms with E-state index in [0.717, 1.165) is 43.3 Å². The van der Waals surface area contributed by atoms with E-state index < -0.39 is 0 Å². The van der Waals surface area contributed by atoms with Gasteiger partial charge in [-0.3, -0.25) is 15.0 Å². The standard InChI is InChI=1S/C17H23N5O3/c1-13-11-14(2)21(18-13)17-12-15(3-4-16(17)22(24)25)20-7-5-19(6-8-20)9-10-23/h3-4,11-12,23H,5-10H2,1-2H3. The van der Waals surface area contributed by atoms with Crippen LogP contribution in [-0.2, 0) is 0 Å². The Morgan fingerprint density at radius 3 is 2.48 bits per heavy atom. The third-order valence-electron chi connectivity index (χ3n) is 4.55. The molecule has 1 aliphatic heterocycles. The molecule has 1 aliphatic rings. The van der Waals surface area contributed by atoms with E-state index in [9.17, 15) is 10.1 Å². The first kappa shape index (κ1) is 17.4. The summed E-state index contributed by atoms with van der Waals surface area (Å²) >= 11 is 0. The molecule has 1 N–H and O–H groups in total. The Hall–Kier alpha value is -2.45. The Balaban J connectivity index is 1.91.